The molecule has 288 valence electrons. The molecule has 0 spiro atoms. The van der Waals surface area contributed by atoms with E-state index in [1.54, 1.807) is 118 Å². The second-order valence-corrected chi connectivity index (χ2v) is 12.5. The molecule has 0 unspecified atom stereocenters. The molecule has 0 fully saturated rings. The minimum absolute atomic E-state index is 0.226. The van der Waals surface area contributed by atoms with Crippen LogP contribution in [0.15, 0.2) is 120 Å². The molecule has 1 heterocycles. The van der Waals surface area contributed by atoms with Crippen LogP contribution in [0.25, 0.3) is 0 Å². The number of hydrazone groups is 1. The molecule has 0 bridgehead atoms. The van der Waals surface area contributed by atoms with Gasteiger partial charge in [0.1, 0.15) is 11.5 Å². The summed E-state index contributed by atoms with van der Waals surface area (Å²) in [6.07, 6.45) is 1.52. The number of halogens is 1. The van der Waals surface area contributed by atoms with Crippen molar-refractivity contribution in [1.82, 2.24) is 5.01 Å². The van der Waals surface area contributed by atoms with Crippen molar-refractivity contribution in [3.05, 3.63) is 143 Å². The first-order chi connectivity index (χ1) is 27.1. The molecule has 0 radical (unpaired) electrons. The average molecular weight is 777 g/mol. The van der Waals surface area contributed by atoms with Gasteiger partial charge in [-0.3, -0.25) is 19.2 Å². The predicted molar refractivity (Wildman–Crippen MR) is 216 cm³/mol. The van der Waals surface area contributed by atoms with Crippen LogP contribution >= 0.6 is 11.6 Å². The molecule has 5 aromatic carbocycles. The third kappa shape index (κ3) is 10.7. The number of nitrogens with one attached hydrogen (secondary N) is 2. The van der Waals surface area contributed by atoms with Gasteiger partial charge in [-0.05, 0) is 147 Å². The maximum Gasteiger partial charge on any atom is 0.273 e. The van der Waals surface area contributed by atoms with Crippen molar-refractivity contribution in [3.8, 4) is 23.0 Å². The van der Waals surface area contributed by atoms with Crippen LogP contribution in [-0.2, 0) is 0 Å². The Labute approximate surface area is 330 Å². The summed E-state index contributed by atoms with van der Waals surface area (Å²) in [7, 11) is 4.73. The molecule has 0 atom stereocenters. The molecule has 0 saturated heterocycles. The molecule has 0 saturated carbocycles. The van der Waals surface area contributed by atoms with Crippen molar-refractivity contribution < 1.29 is 38.1 Å². The highest BCUT2D eigenvalue weighted by molar-refractivity contribution is 6.67. The number of amides is 3. The molecule has 6 rings (SSSR count). The van der Waals surface area contributed by atoms with Gasteiger partial charge in [0.2, 0.25) is 0 Å². The fourth-order valence-electron chi connectivity index (χ4n) is 5.54. The first-order valence-corrected chi connectivity index (χ1v) is 18.0. The Kier molecular flexibility index (Phi) is 14.2. The number of hydrogen-bond acceptors (Lipinski definition) is 9. The number of anilines is 2. The van der Waals surface area contributed by atoms with E-state index < -0.39 is 5.24 Å². The second-order valence-electron chi connectivity index (χ2n) is 12.2. The van der Waals surface area contributed by atoms with Crippen LogP contribution in [0.1, 0.15) is 66.8 Å². The van der Waals surface area contributed by atoms with E-state index in [2.05, 4.69) is 15.7 Å². The fraction of sp³-hybridized carbons (Fsp3) is 0.186. The van der Waals surface area contributed by atoms with E-state index in [-0.39, 0.29) is 17.7 Å². The SMILES string of the molecule is CCOc1cc(C2=NN(C(=O)c3ccc(NC(=O)c4ccc(NC(=O)c5ccc(OC)cc5)cc4)cc3)CCC2)ccc1OC.COc1ccc(C(=O)Cl)cc1. The van der Waals surface area contributed by atoms with Crippen LogP contribution in [0.2, 0.25) is 0 Å². The zero-order chi connectivity index (χ0) is 40.0. The minimum atomic E-state index is -0.451. The van der Waals surface area contributed by atoms with E-state index in [4.69, 9.17) is 30.5 Å². The highest BCUT2D eigenvalue weighted by Gasteiger charge is 2.22. The topological polar surface area (TPSA) is 145 Å². The minimum Gasteiger partial charge on any atom is -0.497 e. The van der Waals surface area contributed by atoms with Crippen molar-refractivity contribution in [2.24, 2.45) is 5.10 Å². The highest BCUT2D eigenvalue weighted by atomic mass is 35.5. The first kappa shape index (κ1) is 40.5. The molecular formula is C43H41ClN4O8. The van der Waals surface area contributed by atoms with Crippen LogP contribution in [0.3, 0.4) is 0 Å². The lowest BCUT2D eigenvalue weighted by Gasteiger charge is -2.24. The van der Waals surface area contributed by atoms with Gasteiger partial charge in [-0.1, -0.05) is 0 Å². The maximum atomic E-state index is 13.3. The smallest absolute Gasteiger partial charge is 0.273 e. The Morgan fingerprint density at radius 1 is 0.643 bits per heavy atom. The Morgan fingerprint density at radius 3 is 1.62 bits per heavy atom. The largest absolute Gasteiger partial charge is 0.497 e. The van der Waals surface area contributed by atoms with Crippen molar-refractivity contribution >= 4 is 51.7 Å². The van der Waals surface area contributed by atoms with Crippen LogP contribution < -0.4 is 29.6 Å². The van der Waals surface area contributed by atoms with Gasteiger partial charge in [0.25, 0.3) is 23.0 Å². The maximum absolute atomic E-state index is 13.3. The second kappa shape index (κ2) is 19.6. The molecular weight excluding hydrogens is 736 g/mol. The van der Waals surface area contributed by atoms with Crippen molar-refractivity contribution in [3.63, 3.8) is 0 Å². The molecule has 2 N–H and O–H groups in total. The molecule has 13 heteroatoms. The van der Waals surface area contributed by atoms with Gasteiger partial charge < -0.3 is 29.6 Å². The van der Waals surface area contributed by atoms with Gasteiger partial charge in [0.05, 0.1) is 33.6 Å². The zero-order valence-electron chi connectivity index (χ0n) is 31.3. The number of ether oxygens (including phenoxy) is 4. The summed E-state index contributed by atoms with van der Waals surface area (Å²) in [5.74, 6) is 1.83. The first-order valence-electron chi connectivity index (χ1n) is 17.6. The van der Waals surface area contributed by atoms with E-state index in [1.807, 2.05) is 25.1 Å². The Hall–Kier alpha value is -6.66. The number of nitrogens with zero attached hydrogens (tertiary/aromatic N) is 2. The summed E-state index contributed by atoms with van der Waals surface area (Å²) in [6, 6.07) is 32.3. The molecule has 3 amide bonds. The highest BCUT2D eigenvalue weighted by Crippen LogP contribution is 2.30. The quantitative estimate of drug-likeness (QED) is 0.120. The predicted octanol–water partition coefficient (Wildman–Crippen LogP) is 8.32. The molecule has 1 aliphatic heterocycles. The summed E-state index contributed by atoms with van der Waals surface area (Å²) in [5.41, 5.74) is 4.61. The number of rotatable bonds is 12. The molecule has 0 aromatic heterocycles. The van der Waals surface area contributed by atoms with Crippen LogP contribution in [0.4, 0.5) is 11.4 Å². The van der Waals surface area contributed by atoms with Gasteiger partial charge in [-0.15, -0.1) is 0 Å². The number of methoxy groups -OCH3 is 3. The van der Waals surface area contributed by atoms with Crippen molar-refractivity contribution in [1.29, 1.82) is 0 Å². The summed E-state index contributed by atoms with van der Waals surface area (Å²) in [6.45, 7) is 2.92. The summed E-state index contributed by atoms with van der Waals surface area (Å²) in [5, 5.41) is 11.3. The van der Waals surface area contributed by atoms with E-state index in [9.17, 15) is 19.2 Å². The van der Waals surface area contributed by atoms with Crippen LogP contribution in [-0.4, -0.2) is 68.2 Å². The lowest BCUT2D eigenvalue weighted by atomic mass is 10.0. The molecule has 5 aromatic rings. The van der Waals surface area contributed by atoms with Crippen molar-refractivity contribution in [2.45, 2.75) is 19.8 Å². The van der Waals surface area contributed by atoms with Gasteiger partial charge in [0, 0.05) is 45.7 Å². The summed E-state index contributed by atoms with van der Waals surface area (Å²) >= 11 is 5.22. The molecule has 56 heavy (non-hydrogen) atoms. The molecule has 12 nitrogen and oxygen atoms in total. The van der Waals surface area contributed by atoms with Gasteiger partial charge >= 0.3 is 0 Å². The average Bonchev–Trinajstić information content (AvgIpc) is 3.24. The third-order valence-electron chi connectivity index (χ3n) is 8.52. The fourth-order valence-corrected chi connectivity index (χ4v) is 5.66. The lowest BCUT2D eigenvalue weighted by molar-refractivity contribution is 0.0751. The lowest BCUT2D eigenvalue weighted by Crippen LogP contribution is -2.32. The number of carbonyl (C=O) groups is 4. The number of hydrogen-bond donors (Lipinski definition) is 2. The van der Waals surface area contributed by atoms with Gasteiger partial charge in [-0.2, -0.15) is 5.10 Å². The van der Waals surface area contributed by atoms with Gasteiger partial charge in [0.15, 0.2) is 11.5 Å². The van der Waals surface area contributed by atoms with Crippen LogP contribution in [0.5, 0.6) is 23.0 Å². The van der Waals surface area contributed by atoms with E-state index in [0.29, 0.717) is 69.8 Å². The zero-order valence-corrected chi connectivity index (χ0v) is 32.1. The third-order valence-corrected chi connectivity index (χ3v) is 8.74. The van der Waals surface area contributed by atoms with E-state index in [1.165, 1.54) is 5.01 Å². The Bertz CT molecular complexity index is 2170. The monoisotopic (exact) mass is 776 g/mol. The Morgan fingerprint density at radius 2 is 1.14 bits per heavy atom. The summed E-state index contributed by atoms with van der Waals surface area (Å²) < 4.78 is 21.1. The normalized spacial score (nSPS) is 11.9. The standard InChI is InChI=1S/C35H34N4O6.C8H7ClO2/c1-4-45-32-22-26(13-20-31(32)44-3)30-6-5-21-39(38-30)35(42)25-9-16-28(17-10-25)37-33(40)23-7-14-27(15-8-23)36-34(41)24-11-18-29(43-2)19-12-24;1-11-7-4-2-6(3-5-7)8(9)10/h7-20,22H,4-6,21H2,1-3H3,(H,36,41)(H,37,40);2-5H,1H3. The summed E-state index contributed by atoms with van der Waals surface area (Å²) in [4.78, 5) is 49.2. The van der Waals surface area contributed by atoms with Crippen molar-refractivity contribution in [2.75, 3.05) is 45.1 Å². The Balaban J connectivity index is 0.000000470. The van der Waals surface area contributed by atoms with Gasteiger partial charge in [-0.25, -0.2) is 5.01 Å². The number of carbonyl (C=O) groups excluding carboxylic acids is 4. The molecule has 1 aliphatic rings. The van der Waals surface area contributed by atoms with E-state index in [0.717, 1.165) is 24.1 Å². The molecule has 0 aliphatic carbocycles. The number of benzene rings is 5. The van der Waals surface area contributed by atoms with Crippen LogP contribution in [0, 0.1) is 0 Å². The van der Waals surface area contributed by atoms with E-state index >= 15 is 0 Å².